The number of benzene rings is 1. The lowest BCUT2D eigenvalue weighted by molar-refractivity contribution is 0.322. The first-order valence-corrected chi connectivity index (χ1v) is 4.90. The van der Waals surface area contributed by atoms with Crippen molar-refractivity contribution in [2.75, 3.05) is 12.4 Å². The maximum atomic E-state index is 8.60. The summed E-state index contributed by atoms with van der Waals surface area (Å²) in [5.41, 5.74) is 6.03. The molecule has 0 aliphatic rings. The molecule has 4 heteroatoms. The van der Waals surface area contributed by atoms with Gasteiger partial charge in [0.15, 0.2) is 0 Å². The maximum Gasteiger partial charge on any atom is 0.122 e. The molecule has 0 atom stereocenters. The fraction of sp³-hybridized carbons (Fsp3) is 0.222. The van der Waals surface area contributed by atoms with Crippen LogP contribution in [-0.4, -0.2) is 23.3 Å². The van der Waals surface area contributed by atoms with Crippen molar-refractivity contribution in [2.24, 2.45) is 5.73 Å². The first-order valence-electron chi connectivity index (χ1n) is 3.92. The van der Waals surface area contributed by atoms with E-state index < -0.39 is 0 Å². The molecule has 0 aliphatic heterocycles. The topological polar surface area (TPSA) is 70.1 Å². The molecule has 0 fully saturated rings. The lowest BCUT2D eigenvalue weighted by Crippen LogP contribution is -2.10. The molecule has 0 amide bonds. The largest absolute Gasteiger partial charge is 0.396 e. The second kappa shape index (κ2) is 4.89. The van der Waals surface area contributed by atoms with Gasteiger partial charge in [-0.15, -0.1) is 11.8 Å². The van der Waals surface area contributed by atoms with Crippen molar-refractivity contribution in [1.82, 2.24) is 0 Å². The molecule has 0 radical (unpaired) electrons. The van der Waals surface area contributed by atoms with Gasteiger partial charge >= 0.3 is 0 Å². The van der Waals surface area contributed by atoms with Crippen LogP contribution in [-0.2, 0) is 0 Å². The van der Waals surface area contributed by atoms with Crippen LogP contribution in [0.1, 0.15) is 5.56 Å². The molecular formula is C9H12N2OS. The van der Waals surface area contributed by atoms with E-state index in [-0.39, 0.29) is 12.4 Å². The molecule has 0 bridgehead atoms. The van der Waals surface area contributed by atoms with Crippen LogP contribution < -0.4 is 5.73 Å². The van der Waals surface area contributed by atoms with E-state index in [9.17, 15) is 0 Å². The molecule has 70 valence electrons. The van der Waals surface area contributed by atoms with Crippen LogP contribution >= 0.6 is 11.8 Å². The molecule has 1 rings (SSSR count). The highest BCUT2D eigenvalue weighted by Crippen LogP contribution is 2.17. The summed E-state index contributed by atoms with van der Waals surface area (Å²) in [4.78, 5) is 1.08. The van der Waals surface area contributed by atoms with Crippen LogP contribution in [0.5, 0.6) is 0 Å². The van der Waals surface area contributed by atoms with E-state index in [0.29, 0.717) is 5.75 Å². The van der Waals surface area contributed by atoms with Crippen LogP contribution in [0.2, 0.25) is 0 Å². The number of thioether (sulfide) groups is 1. The van der Waals surface area contributed by atoms with Gasteiger partial charge in [0.25, 0.3) is 0 Å². The Hall–Kier alpha value is -1.00. The zero-order valence-electron chi connectivity index (χ0n) is 7.16. The average molecular weight is 196 g/mol. The van der Waals surface area contributed by atoms with E-state index in [1.54, 1.807) is 11.8 Å². The third kappa shape index (κ3) is 3.08. The third-order valence-corrected chi connectivity index (χ3v) is 2.52. The van der Waals surface area contributed by atoms with Crippen LogP contribution in [0.4, 0.5) is 0 Å². The number of amidine groups is 1. The normalized spacial score (nSPS) is 9.92. The van der Waals surface area contributed by atoms with Gasteiger partial charge in [-0.05, 0) is 12.1 Å². The highest BCUT2D eigenvalue weighted by molar-refractivity contribution is 7.99. The van der Waals surface area contributed by atoms with Gasteiger partial charge in [0.05, 0.1) is 6.61 Å². The minimum atomic E-state index is 0.0821. The van der Waals surface area contributed by atoms with Crippen molar-refractivity contribution in [3.63, 3.8) is 0 Å². The smallest absolute Gasteiger partial charge is 0.122 e. The molecule has 0 spiro atoms. The molecule has 0 aromatic heterocycles. The zero-order chi connectivity index (χ0) is 9.68. The predicted molar refractivity (Wildman–Crippen MR) is 55.3 cm³/mol. The zero-order valence-corrected chi connectivity index (χ0v) is 7.97. The molecule has 0 unspecified atom stereocenters. The first-order chi connectivity index (χ1) is 6.24. The molecule has 0 aliphatic carbocycles. The summed E-state index contributed by atoms with van der Waals surface area (Å²) in [6, 6.07) is 7.41. The molecule has 13 heavy (non-hydrogen) atoms. The van der Waals surface area contributed by atoms with E-state index in [1.165, 1.54) is 0 Å². The van der Waals surface area contributed by atoms with Crippen LogP contribution in [0, 0.1) is 5.41 Å². The van der Waals surface area contributed by atoms with E-state index in [4.69, 9.17) is 16.2 Å². The Balaban J connectivity index is 2.64. The number of rotatable bonds is 4. The Morgan fingerprint density at radius 1 is 1.38 bits per heavy atom. The average Bonchev–Trinajstić information content (AvgIpc) is 2.15. The highest BCUT2D eigenvalue weighted by Gasteiger charge is 1.96. The van der Waals surface area contributed by atoms with Gasteiger partial charge in [-0.2, -0.15) is 0 Å². The van der Waals surface area contributed by atoms with Gasteiger partial charge in [-0.25, -0.2) is 0 Å². The van der Waals surface area contributed by atoms with Gasteiger partial charge in [0.1, 0.15) is 5.84 Å². The number of aliphatic hydroxyl groups excluding tert-OH is 1. The number of nitrogens with two attached hydrogens (primary N) is 1. The van der Waals surface area contributed by atoms with Crippen molar-refractivity contribution in [3.05, 3.63) is 29.8 Å². The molecule has 0 heterocycles. The van der Waals surface area contributed by atoms with Crippen molar-refractivity contribution in [1.29, 1.82) is 5.41 Å². The Bertz CT molecular complexity index is 284. The molecule has 3 nitrogen and oxygen atoms in total. The molecule has 1 aromatic rings. The van der Waals surface area contributed by atoms with Gasteiger partial charge in [-0.1, -0.05) is 12.1 Å². The Morgan fingerprint density at radius 3 is 2.46 bits per heavy atom. The summed E-state index contributed by atoms with van der Waals surface area (Å²) in [6.07, 6.45) is 0. The number of hydrogen-bond donors (Lipinski definition) is 3. The lowest BCUT2D eigenvalue weighted by Gasteiger charge is -2.01. The molecule has 1 aromatic carbocycles. The maximum absolute atomic E-state index is 8.60. The Kier molecular flexibility index (Phi) is 3.79. The van der Waals surface area contributed by atoms with Crippen LogP contribution in [0.25, 0.3) is 0 Å². The van der Waals surface area contributed by atoms with Gasteiger partial charge in [0.2, 0.25) is 0 Å². The monoisotopic (exact) mass is 196 g/mol. The summed E-state index contributed by atoms with van der Waals surface area (Å²) in [7, 11) is 0. The van der Waals surface area contributed by atoms with Crippen LogP contribution in [0.15, 0.2) is 29.2 Å². The molecule has 4 N–H and O–H groups in total. The van der Waals surface area contributed by atoms with E-state index in [0.717, 1.165) is 10.5 Å². The van der Waals surface area contributed by atoms with E-state index in [2.05, 4.69) is 0 Å². The van der Waals surface area contributed by atoms with Crippen LogP contribution in [0.3, 0.4) is 0 Å². The summed E-state index contributed by atoms with van der Waals surface area (Å²) < 4.78 is 0. The Morgan fingerprint density at radius 2 is 2.00 bits per heavy atom. The van der Waals surface area contributed by atoms with Crippen molar-refractivity contribution in [3.8, 4) is 0 Å². The fourth-order valence-electron chi connectivity index (χ4n) is 0.894. The van der Waals surface area contributed by atoms with E-state index >= 15 is 0 Å². The summed E-state index contributed by atoms with van der Waals surface area (Å²) >= 11 is 1.58. The summed E-state index contributed by atoms with van der Waals surface area (Å²) in [5, 5.41) is 15.8. The summed E-state index contributed by atoms with van der Waals surface area (Å²) in [6.45, 7) is 0.180. The number of nitrogens with one attached hydrogen (secondary N) is 1. The predicted octanol–water partition coefficient (Wildman–Crippen LogP) is 1.06. The number of nitrogen functional groups attached to an aromatic ring is 1. The quantitative estimate of drug-likeness (QED) is 0.383. The molecule has 0 saturated heterocycles. The molecular weight excluding hydrogens is 184 g/mol. The first kappa shape index (κ1) is 10.1. The van der Waals surface area contributed by atoms with Gasteiger partial charge in [-0.3, -0.25) is 5.41 Å². The summed E-state index contributed by atoms with van der Waals surface area (Å²) in [5.74, 6) is 0.776. The minimum absolute atomic E-state index is 0.0821. The second-order valence-corrected chi connectivity index (χ2v) is 3.68. The van der Waals surface area contributed by atoms with Gasteiger partial charge < -0.3 is 10.8 Å². The van der Waals surface area contributed by atoms with Crippen molar-refractivity contribution < 1.29 is 5.11 Å². The van der Waals surface area contributed by atoms with E-state index in [1.807, 2.05) is 24.3 Å². The fourth-order valence-corrected chi connectivity index (χ4v) is 1.55. The molecule has 0 saturated carbocycles. The number of aliphatic hydroxyl groups is 1. The Labute approximate surface area is 81.5 Å². The van der Waals surface area contributed by atoms with Crippen molar-refractivity contribution >= 4 is 17.6 Å². The highest BCUT2D eigenvalue weighted by atomic mass is 32.2. The third-order valence-electron chi connectivity index (χ3n) is 1.53. The second-order valence-electron chi connectivity index (χ2n) is 2.51. The van der Waals surface area contributed by atoms with Gasteiger partial charge in [0, 0.05) is 16.2 Å². The van der Waals surface area contributed by atoms with Crippen molar-refractivity contribution in [2.45, 2.75) is 4.90 Å². The minimum Gasteiger partial charge on any atom is -0.396 e. The number of hydrogen-bond acceptors (Lipinski definition) is 3. The standard InChI is InChI=1S/C9H12N2OS/c10-9(11)7-1-3-8(4-2-7)13-6-5-12/h1-4,12H,5-6H2,(H3,10,11). The lowest BCUT2D eigenvalue weighted by atomic mass is 10.2. The SMILES string of the molecule is N=C(N)c1ccc(SCCO)cc1.